The summed E-state index contributed by atoms with van der Waals surface area (Å²) in [6.45, 7) is 15.8. The summed E-state index contributed by atoms with van der Waals surface area (Å²) in [4.78, 5) is 8.51. The Labute approximate surface area is 151 Å². The average molecular weight is 345 g/mol. The average Bonchev–Trinajstić information content (AvgIpc) is 2.82. The predicted octanol–water partition coefficient (Wildman–Crippen LogP) is 3.47. The number of nitrogens with zero attached hydrogens (tertiary/aromatic N) is 4. The third-order valence-corrected chi connectivity index (χ3v) is 3.73. The molecule has 0 unspecified atom stereocenters. The van der Waals surface area contributed by atoms with Crippen molar-refractivity contribution in [1.82, 2.24) is 14.8 Å². The van der Waals surface area contributed by atoms with Crippen molar-refractivity contribution in [2.75, 3.05) is 7.05 Å². The number of aromatic nitrogens is 3. The first-order valence-corrected chi connectivity index (χ1v) is 8.46. The van der Waals surface area contributed by atoms with E-state index in [1.54, 1.807) is 11.7 Å². The van der Waals surface area contributed by atoms with Crippen molar-refractivity contribution in [3.63, 3.8) is 0 Å². The van der Waals surface area contributed by atoms with Crippen molar-refractivity contribution >= 4 is 5.90 Å². The van der Waals surface area contributed by atoms with E-state index in [9.17, 15) is 0 Å². The number of hydrogen-bond donors (Lipinski definition) is 1. The number of rotatable bonds is 9. The van der Waals surface area contributed by atoms with Gasteiger partial charge in [-0.1, -0.05) is 24.3 Å². The van der Waals surface area contributed by atoms with E-state index in [-0.39, 0.29) is 0 Å². The van der Waals surface area contributed by atoms with Crippen molar-refractivity contribution in [1.29, 1.82) is 0 Å². The van der Waals surface area contributed by atoms with Gasteiger partial charge in [-0.2, -0.15) is 5.10 Å². The highest BCUT2D eigenvalue weighted by atomic mass is 16.5. The molecule has 0 bridgehead atoms. The zero-order valence-electron chi connectivity index (χ0n) is 16.2. The van der Waals surface area contributed by atoms with Gasteiger partial charge in [0.25, 0.3) is 0 Å². The molecule has 0 saturated carbocycles. The van der Waals surface area contributed by atoms with Crippen LogP contribution in [0, 0.1) is 13.8 Å². The van der Waals surface area contributed by atoms with Gasteiger partial charge in [-0.05, 0) is 47.0 Å². The molecule has 1 atom stereocenters. The van der Waals surface area contributed by atoms with Crippen molar-refractivity contribution < 1.29 is 4.74 Å². The van der Waals surface area contributed by atoms with Crippen LogP contribution >= 0.6 is 0 Å². The van der Waals surface area contributed by atoms with E-state index in [4.69, 9.17) is 10.5 Å². The Bertz CT molecular complexity index is 667. The molecule has 1 aromatic rings. The molecule has 0 saturated heterocycles. The maximum atomic E-state index is 6.46. The van der Waals surface area contributed by atoms with Crippen molar-refractivity contribution in [3.05, 3.63) is 48.3 Å². The van der Waals surface area contributed by atoms with Crippen LogP contribution in [0.1, 0.15) is 44.8 Å². The quantitative estimate of drug-likeness (QED) is 0.244. The lowest BCUT2D eigenvalue weighted by molar-refractivity contribution is 0.333. The second-order valence-electron chi connectivity index (χ2n) is 6.54. The third kappa shape index (κ3) is 6.66. The second-order valence-corrected chi connectivity index (χ2v) is 6.54. The Balaban J connectivity index is 2.73. The monoisotopic (exact) mass is 345 g/mol. The molecule has 0 radical (unpaired) electrons. The van der Waals surface area contributed by atoms with Crippen LogP contribution in [-0.4, -0.2) is 33.2 Å². The Morgan fingerprint density at radius 1 is 1.40 bits per heavy atom. The fourth-order valence-electron chi connectivity index (χ4n) is 2.64. The first kappa shape index (κ1) is 20.8. The van der Waals surface area contributed by atoms with Gasteiger partial charge in [-0.3, -0.25) is 4.99 Å². The second kappa shape index (κ2) is 9.32. The van der Waals surface area contributed by atoms with Crippen LogP contribution < -0.4 is 5.73 Å². The van der Waals surface area contributed by atoms with Gasteiger partial charge in [0, 0.05) is 7.05 Å². The topological polar surface area (TPSA) is 78.3 Å². The number of aliphatic imine (C=N–C) groups is 1. The van der Waals surface area contributed by atoms with Crippen LogP contribution in [0.15, 0.2) is 41.6 Å². The highest BCUT2D eigenvalue weighted by Gasteiger charge is 2.28. The minimum absolute atomic E-state index is 0.413. The van der Waals surface area contributed by atoms with Gasteiger partial charge >= 0.3 is 0 Å². The first-order chi connectivity index (χ1) is 11.7. The van der Waals surface area contributed by atoms with Crippen molar-refractivity contribution in [2.24, 2.45) is 10.7 Å². The first-order valence-electron chi connectivity index (χ1n) is 8.46. The molecular formula is C19H31N5O. The lowest BCUT2D eigenvalue weighted by Crippen LogP contribution is -2.46. The van der Waals surface area contributed by atoms with Gasteiger partial charge in [0.05, 0.1) is 5.54 Å². The van der Waals surface area contributed by atoms with Crippen molar-refractivity contribution in [3.8, 4) is 0 Å². The molecule has 0 spiro atoms. The number of hydrogen-bond acceptors (Lipinski definition) is 5. The molecule has 0 aliphatic rings. The lowest BCUT2D eigenvalue weighted by atomic mass is 9.93. The van der Waals surface area contributed by atoms with Gasteiger partial charge in [0.1, 0.15) is 24.0 Å². The maximum absolute atomic E-state index is 6.46. The van der Waals surface area contributed by atoms with Crippen LogP contribution in [0.2, 0.25) is 0 Å². The standard InChI is InChI=1S/C19H31N5O/c1-8-9-10-11-14(2)12-19(6,20)18(21-7)25-15(3)13-24-17(5)22-16(4)23-24/h8,11H,1,3,9-10,12-13,20H2,2,4-7H3/b14-11+,21-18?/t19-/m1/s1. The highest BCUT2D eigenvalue weighted by molar-refractivity contribution is 5.86. The summed E-state index contributed by atoms with van der Waals surface area (Å²) < 4.78 is 7.61. The van der Waals surface area contributed by atoms with Crippen LogP contribution in [0.5, 0.6) is 0 Å². The van der Waals surface area contributed by atoms with Gasteiger partial charge in [-0.25, -0.2) is 9.67 Å². The molecule has 2 N–H and O–H groups in total. The predicted molar refractivity (Wildman–Crippen MR) is 103 cm³/mol. The zero-order chi connectivity index (χ0) is 19.0. The van der Waals surface area contributed by atoms with Crippen LogP contribution in [0.4, 0.5) is 0 Å². The van der Waals surface area contributed by atoms with E-state index in [0.29, 0.717) is 24.6 Å². The number of nitrogens with two attached hydrogens (primary N) is 1. The van der Waals surface area contributed by atoms with Gasteiger partial charge < -0.3 is 10.5 Å². The third-order valence-electron chi connectivity index (χ3n) is 3.73. The lowest BCUT2D eigenvalue weighted by Gasteiger charge is -2.27. The van der Waals surface area contributed by atoms with Gasteiger partial charge in [0.15, 0.2) is 0 Å². The fraction of sp³-hybridized carbons (Fsp3) is 0.526. The molecule has 6 nitrogen and oxygen atoms in total. The Kier molecular flexibility index (Phi) is 7.77. The molecule has 25 heavy (non-hydrogen) atoms. The molecule has 0 aromatic carbocycles. The SMILES string of the molecule is C=CCC/C=C(\C)C[C@@](C)(N)C(=NC)OC(=C)Cn1nc(C)nc1C. The maximum Gasteiger partial charge on any atom is 0.209 e. The molecule has 0 fully saturated rings. The number of aryl methyl sites for hydroxylation is 2. The summed E-state index contributed by atoms with van der Waals surface area (Å²) in [6, 6.07) is 0. The summed E-state index contributed by atoms with van der Waals surface area (Å²) in [7, 11) is 1.68. The number of unbranched alkanes of at least 4 members (excludes halogenated alkanes) is 1. The molecule has 6 heteroatoms. The van der Waals surface area contributed by atoms with Gasteiger partial charge in [0.2, 0.25) is 5.90 Å². The van der Waals surface area contributed by atoms with E-state index in [1.807, 2.05) is 26.8 Å². The molecular weight excluding hydrogens is 314 g/mol. The highest BCUT2D eigenvalue weighted by Crippen LogP contribution is 2.19. The van der Waals surface area contributed by atoms with E-state index in [1.165, 1.54) is 5.57 Å². The van der Waals surface area contributed by atoms with Crippen LogP contribution in [-0.2, 0) is 11.3 Å². The van der Waals surface area contributed by atoms with E-state index >= 15 is 0 Å². The molecule has 0 aliphatic heterocycles. The Morgan fingerprint density at radius 2 is 2.08 bits per heavy atom. The molecule has 138 valence electrons. The molecule has 1 aromatic heterocycles. The molecule has 0 amide bonds. The van der Waals surface area contributed by atoms with Crippen LogP contribution in [0.3, 0.4) is 0 Å². The Morgan fingerprint density at radius 3 is 2.60 bits per heavy atom. The van der Waals surface area contributed by atoms with E-state index in [2.05, 4.69) is 41.2 Å². The minimum Gasteiger partial charge on any atom is -0.444 e. The Hall–Kier alpha value is -2.21. The zero-order valence-corrected chi connectivity index (χ0v) is 16.2. The van der Waals surface area contributed by atoms with Crippen LogP contribution in [0.25, 0.3) is 0 Å². The number of ether oxygens (including phenoxy) is 1. The summed E-state index contributed by atoms with van der Waals surface area (Å²) in [5, 5.41) is 4.31. The van der Waals surface area contributed by atoms with E-state index < -0.39 is 5.54 Å². The molecule has 1 rings (SSSR count). The smallest absolute Gasteiger partial charge is 0.209 e. The fourth-order valence-corrected chi connectivity index (χ4v) is 2.64. The molecule has 0 aliphatic carbocycles. The summed E-state index contributed by atoms with van der Waals surface area (Å²) in [6.07, 6.45) is 6.66. The largest absolute Gasteiger partial charge is 0.444 e. The normalized spacial score (nSPS) is 15.0. The van der Waals surface area contributed by atoms with E-state index in [0.717, 1.165) is 24.5 Å². The summed E-state index contributed by atoms with van der Waals surface area (Å²) in [5.74, 6) is 2.52. The van der Waals surface area contributed by atoms with Crippen molar-refractivity contribution in [2.45, 2.75) is 59.0 Å². The number of allylic oxidation sites excluding steroid dienone is 3. The molecule has 1 heterocycles. The summed E-state index contributed by atoms with van der Waals surface area (Å²) >= 11 is 0. The summed E-state index contributed by atoms with van der Waals surface area (Å²) in [5.41, 5.74) is 6.95. The van der Waals surface area contributed by atoms with Gasteiger partial charge in [-0.15, -0.1) is 6.58 Å². The minimum atomic E-state index is -0.709.